The molecule has 0 N–H and O–H groups in total. The minimum absolute atomic E-state index is 0.757. The average Bonchev–Trinajstić information content (AvgIpc) is 2.73. The molecule has 0 fully saturated rings. The first-order valence-corrected chi connectivity index (χ1v) is 5.48. The normalized spacial score (nSPS) is 11.1. The van der Waals surface area contributed by atoms with Gasteiger partial charge in [0.2, 0.25) is 0 Å². The zero-order chi connectivity index (χ0) is 11.9. The smallest absolute Gasteiger partial charge is 0.170 e. The van der Waals surface area contributed by atoms with Crippen molar-refractivity contribution in [2.75, 3.05) is 0 Å². The second-order valence-electron chi connectivity index (χ2n) is 4.34. The number of aromatic nitrogens is 4. The van der Waals surface area contributed by atoms with Crippen LogP contribution in [-0.2, 0) is 13.6 Å². The van der Waals surface area contributed by atoms with Gasteiger partial charge in [0.25, 0.3) is 0 Å². The van der Waals surface area contributed by atoms with Crippen molar-refractivity contribution in [3.8, 4) is 0 Å². The van der Waals surface area contributed by atoms with Gasteiger partial charge < -0.3 is 4.57 Å². The predicted molar refractivity (Wildman–Crippen MR) is 63.5 cm³/mol. The van der Waals surface area contributed by atoms with Crippen LogP contribution in [0.4, 0.5) is 0 Å². The van der Waals surface area contributed by atoms with Crippen LogP contribution in [0, 0.1) is 27.7 Å². The van der Waals surface area contributed by atoms with Crippen LogP contribution in [0.15, 0.2) is 6.33 Å². The fourth-order valence-corrected chi connectivity index (χ4v) is 2.03. The van der Waals surface area contributed by atoms with Gasteiger partial charge >= 0.3 is 0 Å². The van der Waals surface area contributed by atoms with Gasteiger partial charge in [0.15, 0.2) is 5.82 Å². The summed E-state index contributed by atoms with van der Waals surface area (Å²) in [5.74, 6) is 0.865. The molecule has 0 radical (unpaired) electrons. The number of aryl methyl sites for hydroxylation is 1. The molecule has 16 heavy (non-hydrogen) atoms. The van der Waals surface area contributed by atoms with Crippen molar-refractivity contribution in [3.05, 3.63) is 34.7 Å². The van der Waals surface area contributed by atoms with E-state index >= 15 is 0 Å². The Labute approximate surface area is 95.9 Å². The summed E-state index contributed by atoms with van der Waals surface area (Å²) in [4.78, 5) is 4.26. The van der Waals surface area contributed by atoms with Crippen LogP contribution in [0.5, 0.6) is 0 Å². The zero-order valence-electron chi connectivity index (χ0n) is 10.6. The molecule has 0 atom stereocenters. The SMILES string of the molecule is Cc1c(C)c(C)n(Cc2ncn(C)n2)c1C. The van der Waals surface area contributed by atoms with E-state index in [9.17, 15) is 0 Å². The molecule has 0 saturated carbocycles. The Morgan fingerprint density at radius 1 is 1.06 bits per heavy atom. The molecule has 0 aliphatic heterocycles. The highest BCUT2D eigenvalue weighted by molar-refractivity contribution is 5.35. The largest absolute Gasteiger partial charge is 0.341 e. The van der Waals surface area contributed by atoms with E-state index in [0.29, 0.717) is 0 Å². The molecule has 0 bridgehead atoms. The second kappa shape index (κ2) is 3.77. The summed E-state index contributed by atoms with van der Waals surface area (Å²) < 4.78 is 4.02. The van der Waals surface area contributed by atoms with Gasteiger partial charge in [-0.25, -0.2) is 4.98 Å². The van der Waals surface area contributed by atoms with Crippen molar-refractivity contribution >= 4 is 0 Å². The van der Waals surface area contributed by atoms with Gasteiger partial charge in [-0.05, 0) is 38.8 Å². The summed E-state index contributed by atoms with van der Waals surface area (Å²) in [5.41, 5.74) is 5.35. The van der Waals surface area contributed by atoms with Gasteiger partial charge in [-0.3, -0.25) is 4.68 Å². The molecular weight excluding hydrogens is 200 g/mol. The minimum Gasteiger partial charge on any atom is -0.341 e. The molecule has 0 aliphatic carbocycles. The van der Waals surface area contributed by atoms with Gasteiger partial charge in [-0.2, -0.15) is 5.10 Å². The van der Waals surface area contributed by atoms with Crippen molar-refractivity contribution < 1.29 is 0 Å². The minimum atomic E-state index is 0.757. The van der Waals surface area contributed by atoms with Crippen LogP contribution >= 0.6 is 0 Å². The summed E-state index contributed by atoms with van der Waals surface area (Å²) >= 11 is 0. The molecule has 2 rings (SSSR count). The Bertz CT molecular complexity index is 494. The highest BCUT2D eigenvalue weighted by Crippen LogP contribution is 2.20. The lowest BCUT2D eigenvalue weighted by molar-refractivity contribution is 0.680. The van der Waals surface area contributed by atoms with Crippen LogP contribution in [0.2, 0.25) is 0 Å². The Morgan fingerprint density at radius 3 is 2.06 bits per heavy atom. The van der Waals surface area contributed by atoms with Crippen molar-refractivity contribution in [2.24, 2.45) is 7.05 Å². The number of rotatable bonds is 2. The maximum absolute atomic E-state index is 4.31. The predicted octanol–water partition coefficient (Wildman–Crippen LogP) is 1.90. The molecule has 0 aliphatic rings. The highest BCUT2D eigenvalue weighted by atomic mass is 15.3. The summed E-state index contributed by atoms with van der Waals surface area (Å²) in [7, 11) is 1.89. The molecule has 0 unspecified atom stereocenters. The van der Waals surface area contributed by atoms with E-state index in [1.54, 1.807) is 11.0 Å². The van der Waals surface area contributed by atoms with Crippen molar-refractivity contribution in [1.82, 2.24) is 19.3 Å². The fraction of sp³-hybridized carbons (Fsp3) is 0.500. The van der Waals surface area contributed by atoms with Gasteiger partial charge in [0.1, 0.15) is 6.33 Å². The Morgan fingerprint density at radius 2 is 1.62 bits per heavy atom. The quantitative estimate of drug-likeness (QED) is 0.771. The van der Waals surface area contributed by atoms with E-state index in [4.69, 9.17) is 0 Å². The molecule has 4 heteroatoms. The summed E-state index contributed by atoms with van der Waals surface area (Å²) in [5, 5.41) is 4.31. The lowest BCUT2D eigenvalue weighted by Gasteiger charge is -2.06. The van der Waals surface area contributed by atoms with E-state index in [1.165, 1.54) is 22.5 Å². The summed E-state index contributed by atoms with van der Waals surface area (Å²) in [6, 6.07) is 0. The topological polar surface area (TPSA) is 35.6 Å². The van der Waals surface area contributed by atoms with E-state index in [2.05, 4.69) is 42.3 Å². The molecule has 2 heterocycles. The van der Waals surface area contributed by atoms with E-state index in [0.717, 1.165) is 12.4 Å². The van der Waals surface area contributed by atoms with Crippen LogP contribution in [0.1, 0.15) is 28.3 Å². The van der Waals surface area contributed by atoms with E-state index in [-0.39, 0.29) is 0 Å². The molecular formula is C12H18N4. The van der Waals surface area contributed by atoms with Gasteiger partial charge in [0, 0.05) is 18.4 Å². The summed E-state index contributed by atoms with van der Waals surface area (Å²) in [6.45, 7) is 9.39. The first-order chi connectivity index (χ1) is 7.50. The van der Waals surface area contributed by atoms with Crippen LogP contribution in [0.25, 0.3) is 0 Å². The lowest BCUT2D eigenvalue weighted by atomic mass is 10.2. The zero-order valence-corrected chi connectivity index (χ0v) is 10.6. The molecule has 2 aromatic heterocycles. The Balaban J connectivity index is 2.38. The molecule has 2 aromatic rings. The first kappa shape index (κ1) is 10.9. The third-order valence-corrected chi connectivity index (χ3v) is 3.40. The average molecular weight is 218 g/mol. The molecule has 86 valence electrons. The van der Waals surface area contributed by atoms with Gasteiger partial charge in [-0.1, -0.05) is 0 Å². The maximum Gasteiger partial charge on any atom is 0.170 e. The molecule has 0 amide bonds. The molecule has 0 aromatic carbocycles. The van der Waals surface area contributed by atoms with Gasteiger partial charge in [0.05, 0.1) is 6.54 Å². The van der Waals surface area contributed by atoms with Crippen LogP contribution < -0.4 is 0 Å². The molecule has 0 saturated heterocycles. The maximum atomic E-state index is 4.31. The third-order valence-electron chi connectivity index (χ3n) is 3.40. The first-order valence-electron chi connectivity index (χ1n) is 5.48. The Kier molecular flexibility index (Phi) is 2.58. The monoisotopic (exact) mass is 218 g/mol. The third kappa shape index (κ3) is 1.64. The lowest BCUT2D eigenvalue weighted by Crippen LogP contribution is -2.06. The van der Waals surface area contributed by atoms with Crippen LogP contribution in [-0.4, -0.2) is 19.3 Å². The number of hydrogen-bond acceptors (Lipinski definition) is 2. The molecule has 4 nitrogen and oxygen atoms in total. The fourth-order valence-electron chi connectivity index (χ4n) is 2.03. The summed E-state index contributed by atoms with van der Waals surface area (Å²) in [6.07, 6.45) is 1.74. The highest BCUT2D eigenvalue weighted by Gasteiger charge is 2.12. The van der Waals surface area contributed by atoms with Gasteiger partial charge in [-0.15, -0.1) is 0 Å². The van der Waals surface area contributed by atoms with E-state index < -0.39 is 0 Å². The standard InChI is InChI=1S/C12H18N4/c1-8-9(2)11(4)16(10(8)3)6-12-13-7-15(5)14-12/h7H,6H2,1-5H3. The van der Waals surface area contributed by atoms with Crippen LogP contribution in [0.3, 0.4) is 0 Å². The number of hydrogen-bond donors (Lipinski definition) is 0. The van der Waals surface area contributed by atoms with Crippen molar-refractivity contribution in [3.63, 3.8) is 0 Å². The second-order valence-corrected chi connectivity index (χ2v) is 4.34. The molecule has 0 spiro atoms. The Hall–Kier alpha value is -1.58. The van der Waals surface area contributed by atoms with E-state index in [1.807, 2.05) is 7.05 Å². The van der Waals surface area contributed by atoms with Crippen molar-refractivity contribution in [1.29, 1.82) is 0 Å². The van der Waals surface area contributed by atoms with Crippen molar-refractivity contribution in [2.45, 2.75) is 34.2 Å². The number of nitrogens with zero attached hydrogens (tertiary/aromatic N) is 4.